The lowest BCUT2D eigenvalue weighted by Crippen LogP contribution is -2.34. The molecule has 6 nitrogen and oxygen atoms in total. The van der Waals surface area contributed by atoms with Gasteiger partial charge in [0.05, 0.1) is 18.3 Å². The van der Waals surface area contributed by atoms with Gasteiger partial charge in [-0.3, -0.25) is 9.59 Å². The Kier molecular flexibility index (Phi) is 6.38. The Bertz CT molecular complexity index is 1080. The van der Waals surface area contributed by atoms with Gasteiger partial charge in [-0.25, -0.2) is 10.4 Å². The van der Waals surface area contributed by atoms with Gasteiger partial charge in [0.15, 0.2) is 0 Å². The standard InChI is InChI=1S/C20H16BrClN4O2/c1-12-5-6-13-8-15(19(22)25-17(13)7-12)10-24-26-18(27)11-23-20(28)14-3-2-4-16(21)9-14/h2-10H,11H2,1H3,(H,23,28)(H,26,27)/b24-10-. The fourth-order valence-electron chi connectivity index (χ4n) is 2.47. The smallest absolute Gasteiger partial charge is 0.259 e. The molecular formula is C20H16BrClN4O2. The van der Waals surface area contributed by atoms with Crippen molar-refractivity contribution >= 4 is 56.5 Å². The minimum Gasteiger partial charge on any atom is -0.343 e. The van der Waals surface area contributed by atoms with Gasteiger partial charge in [-0.15, -0.1) is 0 Å². The first-order chi connectivity index (χ1) is 13.4. The van der Waals surface area contributed by atoms with Gasteiger partial charge in [0, 0.05) is 21.0 Å². The first-order valence-corrected chi connectivity index (χ1v) is 9.52. The topological polar surface area (TPSA) is 83.5 Å². The van der Waals surface area contributed by atoms with Gasteiger partial charge in [0.2, 0.25) is 0 Å². The molecule has 0 spiro atoms. The Morgan fingerprint density at radius 2 is 2.04 bits per heavy atom. The Morgan fingerprint density at radius 3 is 2.82 bits per heavy atom. The molecule has 0 aliphatic rings. The molecular weight excluding hydrogens is 444 g/mol. The Morgan fingerprint density at radius 1 is 1.21 bits per heavy atom. The third kappa shape index (κ3) is 5.15. The van der Waals surface area contributed by atoms with Gasteiger partial charge in [0.1, 0.15) is 5.15 Å². The summed E-state index contributed by atoms with van der Waals surface area (Å²) in [6.45, 7) is 1.78. The minimum absolute atomic E-state index is 0.203. The van der Waals surface area contributed by atoms with E-state index < -0.39 is 5.91 Å². The molecule has 8 heteroatoms. The van der Waals surface area contributed by atoms with E-state index in [1.54, 1.807) is 18.2 Å². The van der Waals surface area contributed by atoms with E-state index in [0.717, 1.165) is 20.9 Å². The lowest BCUT2D eigenvalue weighted by Gasteiger charge is -2.05. The highest BCUT2D eigenvalue weighted by molar-refractivity contribution is 9.10. The zero-order chi connectivity index (χ0) is 20.1. The lowest BCUT2D eigenvalue weighted by molar-refractivity contribution is -0.120. The summed E-state index contributed by atoms with van der Waals surface area (Å²) < 4.78 is 0.783. The Balaban J connectivity index is 1.57. The first-order valence-electron chi connectivity index (χ1n) is 8.35. The highest BCUT2D eigenvalue weighted by atomic mass is 79.9. The molecule has 0 saturated carbocycles. The molecule has 0 aliphatic carbocycles. The molecule has 0 atom stereocenters. The molecule has 0 bridgehead atoms. The van der Waals surface area contributed by atoms with Gasteiger partial charge in [-0.05, 0) is 42.8 Å². The SMILES string of the molecule is Cc1ccc2cc(/C=N\NC(=O)CNC(=O)c3cccc(Br)c3)c(Cl)nc2c1. The van der Waals surface area contributed by atoms with Crippen LogP contribution in [0, 0.1) is 6.92 Å². The molecule has 3 rings (SSSR count). The van der Waals surface area contributed by atoms with E-state index in [-0.39, 0.29) is 12.5 Å². The van der Waals surface area contributed by atoms with Gasteiger partial charge < -0.3 is 5.32 Å². The maximum Gasteiger partial charge on any atom is 0.259 e. The Labute approximate surface area is 175 Å². The fraction of sp³-hybridized carbons (Fsp3) is 0.100. The summed E-state index contributed by atoms with van der Waals surface area (Å²) in [4.78, 5) is 28.2. The van der Waals surface area contributed by atoms with Crippen LogP contribution in [0.15, 0.2) is 58.1 Å². The van der Waals surface area contributed by atoms with Crippen LogP contribution < -0.4 is 10.7 Å². The van der Waals surface area contributed by atoms with Crippen molar-refractivity contribution in [2.24, 2.45) is 5.10 Å². The maximum atomic E-state index is 12.0. The van der Waals surface area contributed by atoms with Crippen molar-refractivity contribution in [2.45, 2.75) is 6.92 Å². The monoisotopic (exact) mass is 458 g/mol. The third-order valence-electron chi connectivity index (χ3n) is 3.84. The average Bonchev–Trinajstić information content (AvgIpc) is 2.66. The molecule has 0 unspecified atom stereocenters. The summed E-state index contributed by atoms with van der Waals surface area (Å²) in [7, 11) is 0. The zero-order valence-corrected chi connectivity index (χ0v) is 17.2. The average molecular weight is 460 g/mol. The molecule has 2 amide bonds. The summed E-state index contributed by atoms with van der Waals surface area (Å²) in [5.74, 6) is -0.808. The highest BCUT2D eigenvalue weighted by Crippen LogP contribution is 2.20. The van der Waals surface area contributed by atoms with Crippen LogP contribution in [0.1, 0.15) is 21.5 Å². The van der Waals surface area contributed by atoms with E-state index in [1.165, 1.54) is 6.21 Å². The summed E-state index contributed by atoms with van der Waals surface area (Å²) in [5.41, 5.74) is 5.27. The van der Waals surface area contributed by atoms with Crippen molar-refractivity contribution in [3.05, 3.63) is 74.8 Å². The normalized spacial score (nSPS) is 11.0. The van der Waals surface area contributed by atoms with Crippen molar-refractivity contribution in [3.8, 4) is 0 Å². The molecule has 0 saturated heterocycles. The molecule has 0 radical (unpaired) electrons. The van der Waals surface area contributed by atoms with Gasteiger partial charge in [-0.1, -0.05) is 45.7 Å². The number of nitrogens with zero attached hydrogens (tertiary/aromatic N) is 2. The van der Waals surface area contributed by atoms with Gasteiger partial charge in [-0.2, -0.15) is 5.10 Å². The number of hydrazone groups is 1. The highest BCUT2D eigenvalue weighted by Gasteiger charge is 2.08. The number of benzene rings is 2. The molecule has 142 valence electrons. The number of amides is 2. The molecule has 1 heterocycles. The van der Waals surface area contributed by atoms with Crippen molar-refractivity contribution in [1.82, 2.24) is 15.7 Å². The maximum absolute atomic E-state index is 12.0. The zero-order valence-electron chi connectivity index (χ0n) is 14.9. The second-order valence-electron chi connectivity index (χ2n) is 6.05. The number of pyridine rings is 1. The molecule has 2 N–H and O–H groups in total. The number of rotatable bonds is 5. The quantitative estimate of drug-likeness (QED) is 0.345. The van der Waals surface area contributed by atoms with Crippen LogP contribution >= 0.6 is 27.5 Å². The molecule has 2 aromatic carbocycles. The number of carbonyl (C=O) groups is 2. The van der Waals surface area contributed by atoms with Gasteiger partial charge >= 0.3 is 0 Å². The van der Waals surface area contributed by atoms with E-state index in [9.17, 15) is 9.59 Å². The van der Waals surface area contributed by atoms with Crippen LogP contribution in [0.4, 0.5) is 0 Å². The number of aromatic nitrogens is 1. The van der Waals surface area contributed by atoms with E-state index in [1.807, 2.05) is 37.3 Å². The number of nitrogens with one attached hydrogen (secondary N) is 2. The second kappa shape index (κ2) is 8.95. The van der Waals surface area contributed by atoms with Crippen LogP contribution in [0.2, 0.25) is 5.15 Å². The first kappa shape index (κ1) is 20.0. The number of carbonyl (C=O) groups excluding carboxylic acids is 2. The Hall–Kier alpha value is -2.77. The third-order valence-corrected chi connectivity index (χ3v) is 4.64. The predicted molar refractivity (Wildman–Crippen MR) is 114 cm³/mol. The number of hydrogen-bond acceptors (Lipinski definition) is 4. The van der Waals surface area contributed by atoms with Crippen LogP contribution in [0.25, 0.3) is 10.9 Å². The largest absolute Gasteiger partial charge is 0.343 e. The van der Waals surface area contributed by atoms with Crippen LogP contribution in [0.3, 0.4) is 0 Å². The molecule has 28 heavy (non-hydrogen) atoms. The van der Waals surface area contributed by atoms with E-state index >= 15 is 0 Å². The van der Waals surface area contributed by atoms with Crippen molar-refractivity contribution in [2.75, 3.05) is 6.54 Å². The van der Waals surface area contributed by atoms with E-state index in [0.29, 0.717) is 16.3 Å². The fourth-order valence-corrected chi connectivity index (χ4v) is 3.06. The van der Waals surface area contributed by atoms with Crippen LogP contribution in [-0.2, 0) is 4.79 Å². The number of halogens is 2. The number of fused-ring (bicyclic) bond motifs is 1. The van der Waals surface area contributed by atoms with E-state index in [2.05, 4.69) is 36.8 Å². The summed E-state index contributed by atoms with van der Waals surface area (Å²) in [6.07, 6.45) is 1.42. The van der Waals surface area contributed by atoms with Gasteiger partial charge in [0.25, 0.3) is 11.8 Å². The summed E-state index contributed by atoms with van der Waals surface area (Å²) >= 11 is 9.48. The molecule has 0 aliphatic heterocycles. The van der Waals surface area contributed by atoms with Crippen molar-refractivity contribution < 1.29 is 9.59 Å². The minimum atomic E-state index is -0.458. The predicted octanol–water partition coefficient (Wildman–Crippen LogP) is 3.84. The number of aryl methyl sites for hydroxylation is 1. The van der Waals surface area contributed by atoms with Crippen LogP contribution in [0.5, 0.6) is 0 Å². The molecule has 3 aromatic rings. The lowest BCUT2D eigenvalue weighted by atomic mass is 10.1. The second-order valence-corrected chi connectivity index (χ2v) is 7.32. The summed E-state index contributed by atoms with van der Waals surface area (Å²) in [5, 5.41) is 7.63. The molecule has 1 aromatic heterocycles. The van der Waals surface area contributed by atoms with Crippen LogP contribution in [-0.4, -0.2) is 29.6 Å². The van der Waals surface area contributed by atoms with E-state index in [4.69, 9.17) is 11.6 Å². The van der Waals surface area contributed by atoms with Crippen molar-refractivity contribution in [1.29, 1.82) is 0 Å². The number of hydrogen-bond donors (Lipinski definition) is 2. The summed E-state index contributed by atoms with van der Waals surface area (Å²) in [6, 6.07) is 14.6. The molecule has 0 fully saturated rings. The van der Waals surface area contributed by atoms with Crippen molar-refractivity contribution in [3.63, 3.8) is 0 Å².